The number of carbonyl (C=O) groups is 4. The molecule has 0 atom stereocenters. The Morgan fingerprint density at radius 1 is 1.00 bits per heavy atom. The summed E-state index contributed by atoms with van der Waals surface area (Å²) >= 11 is 0. The lowest BCUT2D eigenvalue weighted by Crippen LogP contribution is -2.47. The third kappa shape index (κ3) is 4.75. The van der Waals surface area contributed by atoms with Gasteiger partial charge in [0, 0.05) is 6.42 Å². The zero-order chi connectivity index (χ0) is 16.1. The highest BCUT2D eigenvalue weighted by molar-refractivity contribution is 6.21. The van der Waals surface area contributed by atoms with Gasteiger partial charge in [-0.1, -0.05) is 0 Å². The number of hydrogen-bond acceptors (Lipinski definition) is 5. The van der Waals surface area contributed by atoms with Crippen LogP contribution in [0, 0.1) is 5.41 Å². The summed E-state index contributed by atoms with van der Waals surface area (Å²) in [6.07, 6.45) is -0.322. The lowest BCUT2D eigenvalue weighted by atomic mass is 9.75. The molecule has 0 aliphatic carbocycles. The molecule has 0 unspecified atom stereocenters. The van der Waals surface area contributed by atoms with Gasteiger partial charge in [-0.3, -0.25) is 19.2 Å². The molecule has 6 nitrogen and oxygen atoms in total. The average Bonchev–Trinajstić information content (AvgIpc) is 2.19. The van der Waals surface area contributed by atoms with Crippen LogP contribution in [0.3, 0.4) is 0 Å². The summed E-state index contributed by atoms with van der Waals surface area (Å²) in [5.74, 6) is -3.19. The molecule has 0 aromatic rings. The molecule has 0 aromatic heterocycles. The van der Waals surface area contributed by atoms with Crippen LogP contribution in [0.2, 0.25) is 0 Å². The van der Waals surface area contributed by atoms with Gasteiger partial charge in [0.15, 0.2) is 17.0 Å². The third-order valence-corrected chi connectivity index (χ3v) is 2.89. The van der Waals surface area contributed by atoms with Crippen LogP contribution in [0.4, 0.5) is 0 Å². The second-order valence-corrected chi connectivity index (χ2v) is 5.77. The highest BCUT2D eigenvalue weighted by atomic mass is 16.6. The van der Waals surface area contributed by atoms with Crippen molar-refractivity contribution in [3.05, 3.63) is 0 Å². The number of ketones is 2. The first-order valence-corrected chi connectivity index (χ1v) is 6.41. The fourth-order valence-corrected chi connectivity index (χ4v) is 1.86. The Kier molecular flexibility index (Phi) is 6.06. The number of carboxylic acids is 1. The van der Waals surface area contributed by atoms with Gasteiger partial charge in [0.1, 0.15) is 5.60 Å². The molecule has 114 valence electrons. The topological polar surface area (TPSA) is 97.7 Å². The number of hydrogen-bond donors (Lipinski definition) is 1. The fraction of sp³-hybridized carbons (Fsp3) is 0.714. The second-order valence-electron chi connectivity index (χ2n) is 5.77. The lowest BCUT2D eigenvalue weighted by Gasteiger charge is -2.30. The minimum Gasteiger partial charge on any atom is -0.481 e. The summed E-state index contributed by atoms with van der Waals surface area (Å²) < 4.78 is 5.16. The first kappa shape index (κ1) is 18.3. The minimum absolute atomic E-state index is 0.0493. The fourth-order valence-electron chi connectivity index (χ4n) is 1.86. The molecule has 0 aliphatic heterocycles. The predicted molar refractivity (Wildman–Crippen MR) is 71.1 cm³/mol. The Hall–Kier alpha value is -1.72. The Bertz CT molecular complexity index is 402. The SMILES string of the molecule is CC(=O)C(CCCC(=O)O)(C(C)=O)C(=O)OC(C)(C)C. The van der Waals surface area contributed by atoms with Crippen molar-refractivity contribution in [3.63, 3.8) is 0 Å². The maximum Gasteiger partial charge on any atom is 0.327 e. The van der Waals surface area contributed by atoms with Gasteiger partial charge in [-0.25, -0.2) is 0 Å². The second kappa shape index (κ2) is 6.63. The normalized spacial score (nSPS) is 11.8. The summed E-state index contributed by atoms with van der Waals surface area (Å²) in [6, 6.07) is 0. The molecule has 0 radical (unpaired) electrons. The van der Waals surface area contributed by atoms with Gasteiger partial charge in [-0.05, 0) is 47.5 Å². The first-order valence-electron chi connectivity index (χ1n) is 6.41. The molecule has 0 rings (SSSR count). The summed E-state index contributed by atoms with van der Waals surface area (Å²) in [4.78, 5) is 46.4. The highest BCUT2D eigenvalue weighted by Crippen LogP contribution is 2.31. The van der Waals surface area contributed by atoms with Gasteiger partial charge in [0.25, 0.3) is 0 Å². The largest absolute Gasteiger partial charge is 0.481 e. The van der Waals surface area contributed by atoms with Crippen molar-refractivity contribution in [2.45, 2.75) is 59.5 Å². The number of rotatable bonds is 7. The van der Waals surface area contributed by atoms with Crippen LogP contribution in [0.15, 0.2) is 0 Å². The Balaban J connectivity index is 5.33. The molecule has 0 bridgehead atoms. The van der Waals surface area contributed by atoms with Crippen LogP contribution < -0.4 is 0 Å². The van der Waals surface area contributed by atoms with E-state index in [1.165, 1.54) is 0 Å². The van der Waals surface area contributed by atoms with Crippen LogP contribution >= 0.6 is 0 Å². The zero-order valence-corrected chi connectivity index (χ0v) is 12.6. The van der Waals surface area contributed by atoms with Crippen molar-refractivity contribution in [3.8, 4) is 0 Å². The predicted octanol–water partition coefficient (Wildman–Crippen LogP) is 1.75. The third-order valence-electron chi connectivity index (χ3n) is 2.89. The van der Waals surface area contributed by atoms with E-state index in [4.69, 9.17) is 9.84 Å². The van der Waals surface area contributed by atoms with E-state index in [9.17, 15) is 19.2 Å². The molecule has 0 amide bonds. The molecule has 0 aromatic carbocycles. The molecule has 0 spiro atoms. The van der Waals surface area contributed by atoms with E-state index >= 15 is 0 Å². The molecule has 1 N–H and O–H groups in total. The van der Waals surface area contributed by atoms with Gasteiger partial charge in [0.2, 0.25) is 0 Å². The van der Waals surface area contributed by atoms with Crippen molar-refractivity contribution in [1.82, 2.24) is 0 Å². The number of ether oxygens (including phenoxy) is 1. The Morgan fingerprint density at radius 3 is 1.75 bits per heavy atom. The van der Waals surface area contributed by atoms with Crippen molar-refractivity contribution < 1.29 is 29.0 Å². The van der Waals surface area contributed by atoms with E-state index in [-0.39, 0.29) is 19.3 Å². The average molecular weight is 286 g/mol. The maximum absolute atomic E-state index is 12.2. The van der Waals surface area contributed by atoms with Gasteiger partial charge >= 0.3 is 11.9 Å². The van der Waals surface area contributed by atoms with Crippen molar-refractivity contribution in [2.75, 3.05) is 0 Å². The van der Waals surface area contributed by atoms with E-state index in [1.54, 1.807) is 20.8 Å². The highest BCUT2D eigenvalue weighted by Gasteiger charge is 2.50. The minimum atomic E-state index is -1.90. The van der Waals surface area contributed by atoms with E-state index in [0.717, 1.165) is 13.8 Å². The van der Waals surface area contributed by atoms with Crippen molar-refractivity contribution in [2.24, 2.45) is 5.41 Å². The lowest BCUT2D eigenvalue weighted by molar-refractivity contribution is -0.173. The van der Waals surface area contributed by atoms with E-state index in [1.807, 2.05) is 0 Å². The summed E-state index contributed by atoms with van der Waals surface area (Å²) in [5, 5.41) is 8.63. The number of Topliss-reactive ketones (excluding diaryl/α,β-unsaturated/α-hetero) is 2. The summed E-state index contributed by atoms with van der Waals surface area (Å²) in [7, 11) is 0. The number of esters is 1. The Morgan fingerprint density at radius 2 is 1.45 bits per heavy atom. The summed E-state index contributed by atoms with van der Waals surface area (Å²) in [5.41, 5.74) is -2.73. The Labute approximate surface area is 118 Å². The van der Waals surface area contributed by atoms with Gasteiger partial charge < -0.3 is 9.84 Å². The van der Waals surface area contributed by atoms with Crippen LogP contribution in [-0.4, -0.2) is 34.2 Å². The van der Waals surface area contributed by atoms with E-state index in [2.05, 4.69) is 0 Å². The molecule has 0 saturated heterocycles. The smallest absolute Gasteiger partial charge is 0.327 e. The van der Waals surface area contributed by atoms with E-state index < -0.39 is 34.5 Å². The van der Waals surface area contributed by atoms with Crippen LogP contribution in [-0.2, 0) is 23.9 Å². The quantitative estimate of drug-likeness (QED) is 0.565. The van der Waals surface area contributed by atoms with Gasteiger partial charge in [-0.15, -0.1) is 0 Å². The molecule has 6 heteroatoms. The van der Waals surface area contributed by atoms with Crippen LogP contribution in [0.1, 0.15) is 53.9 Å². The van der Waals surface area contributed by atoms with Crippen LogP contribution in [0.5, 0.6) is 0 Å². The van der Waals surface area contributed by atoms with E-state index in [0.29, 0.717) is 0 Å². The van der Waals surface area contributed by atoms with Crippen molar-refractivity contribution in [1.29, 1.82) is 0 Å². The molecule has 0 heterocycles. The van der Waals surface area contributed by atoms with Crippen LogP contribution in [0.25, 0.3) is 0 Å². The first-order chi connectivity index (χ1) is 8.93. The molecular formula is C14H22O6. The molecule has 0 saturated carbocycles. The summed E-state index contributed by atoms with van der Waals surface area (Å²) in [6.45, 7) is 7.19. The standard InChI is InChI=1S/C14H22O6/c1-9(15)14(10(2)16,8-6-7-11(17)18)12(19)20-13(3,4)5/h6-8H2,1-5H3,(H,17,18). The zero-order valence-electron chi connectivity index (χ0n) is 12.6. The van der Waals surface area contributed by atoms with Gasteiger partial charge in [0.05, 0.1) is 0 Å². The molecule has 0 aliphatic rings. The van der Waals surface area contributed by atoms with Crippen molar-refractivity contribution >= 4 is 23.5 Å². The molecule has 20 heavy (non-hydrogen) atoms. The number of carboxylic acid groups (broad SMARTS) is 1. The van der Waals surface area contributed by atoms with Gasteiger partial charge in [-0.2, -0.15) is 0 Å². The number of aliphatic carboxylic acids is 1. The monoisotopic (exact) mass is 286 g/mol. The molecular weight excluding hydrogens is 264 g/mol. The maximum atomic E-state index is 12.2. The molecule has 0 fully saturated rings. The number of carbonyl (C=O) groups excluding carboxylic acids is 3.